The molecule has 0 fully saturated rings. The summed E-state index contributed by atoms with van der Waals surface area (Å²) in [7, 11) is 0. The Morgan fingerprint density at radius 1 is 0.425 bits per heavy atom. The molecule has 0 atom stereocenters. The van der Waals surface area contributed by atoms with Crippen LogP contribution in [-0.4, -0.2) is 24.9 Å². The second-order valence-electron chi connectivity index (χ2n) is 9.77. The van der Waals surface area contributed by atoms with E-state index >= 15 is 0 Å². The molecule has 0 bridgehead atoms. The van der Waals surface area contributed by atoms with Crippen LogP contribution < -0.4 is 0 Å². The highest BCUT2D eigenvalue weighted by molar-refractivity contribution is 6.15. The molecule has 0 spiro atoms. The number of fused-ring (bicyclic) bond motifs is 6. The quantitative estimate of drug-likeness (QED) is 0.176. The molecule has 0 amide bonds. The van der Waals surface area contributed by atoms with Gasteiger partial charge in [-0.15, -0.1) is 0 Å². The zero-order chi connectivity index (χ0) is 26.5. The van der Waals surface area contributed by atoms with Gasteiger partial charge < -0.3 is 0 Å². The van der Waals surface area contributed by atoms with E-state index in [0.717, 1.165) is 66.1 Å². The number of para-hydroxylation sites is 1. The van der Waals surface area contributed by atoms with Crippen molar-refractivity contribution >= 4 is 43.6 Å². The lowest BCUT2D eigenvalue weighted by molar-refractivity contribution is 1.16. The van der Waals surface area contributed by atoms with E-state index in [1.54, 1.807) is 0 Å². The summed E-state index contributed by atoms with van der Waals surface area (Å²) in [5.41, 5.74) is 7.69. The number of rotatable bonds is 3. The first-order chi connectivity index (χ1) is 19.8. The van der Waals surface area contributed by atoms with E-state index in [-0.39, 0.29) is 0 Å². The highest BCUT2D eigenvalue weighted by atomic mass is 14.9. The Bertz CT molecular complexity index is 2150. The van der Waals surface area contributed by atoms with Crippen molar-refractivity contribution in [2.24, 2.45) is 0 Å². The predicted molar refractivity (Wildman–Crippen MR) is 162 cm³/mol. The zero-order valence-electron chi connectivity index (χ0n) is 21.4. The zero-order valence-corrected chi connectivity index (χ0v) is 21.4. The minimum atomic E-state index is 0.538. The first kappa shape index (κ1) is 22.4. The highest BCUT2D eigenvalue weighted by Gasteiger charge is 2.18. The smallest absolute Gasteiger partial charge is 0.181 e. The lowest BCUT2D eigenvalue weighted by Crippen LogP contribution is -2.00. The molecule has 0 radical (unpaired) electrons. The summed E-state index contributed by atoms with van der Waals surface area (Å²) in [4.78, 5) is 25.2. The van der Waals surface area contributed by atoms with Crippen molar-refractivity contribution in [3.63, 3.8) is 0 Å². The number of benzene rings is 4. The largest absolute Gasteiger partial charge is 0.254 e. The van der Waals surface area contributed by atoms with Gasteiger partial charge in [0.15, 0.2) is 5.82 Å². The van der Waals surface area contributed by atoms with Gasteiger partial charge in [-0.05, 0) is 24.3 Å². The van der Waals surface area contributed by atoms with Crippen LogP contribution in [-0.2, 0) is 0 Å². The summed E-state index contributed by atoms with van der Waals surface area (Å²) in [5, 5.41) is 4.13. The summed E-state index contributed by atoms with van der Waals surface area (Å²) >= 11 is 0. The summed E-state index contributed by atoms with van der Waals surface area (Å²) in [6.45, 7) is 0. The van der Waals surface area contributed by atoms with E-state index in [9.17, 15) is 0 Å². The minimum Gasteiger partial charge on any atom is -0.254 e. The van der Waals surface area contributed by atoms with Gasteiger partial charge in [0.2, 0.25) is 0 Å². The van der Waals surface area contributed by atoms with E-state index in [1.165, 1.54) is 0 Å². The van der Waals surface area contributed by atoms with Gasteiger partial charge in [-0.1, -0.05) is 97.1 Å². The van der Waals surface area contributed by atoms with Crippen molar-refractivity contribution < 1.29 is 0 Å². The molecule has 186 valence electrons. The molecule has 0 aliphatic rings. The summed E-state index contributed by atoms with van der Waals surface area (Å²) in [6, 6.07) is 41.0. The second kappa shape index (κ2) is 9.03. The molecule has 0 unspecified atom stereocenters. The van der Waals surface area contributed by atoms with Crippen LogP contribution in [0.4, 0.5) is 0 Å². The molecule has 0 saturated carbocycles. The molecular formula is C35H21N5. The Morgan fingerprint density at radius 3 is 1.85 bits per heavy atom. The van der Waals surface area contributed by atoms with E-state index in [4.69, 9.17) is 19.9 Å². The molecule has 8 aromatic rings. The van der Waals surface area contributed by atoms with Gasteiger partial charge in [0, 0.05) is 38.9 Å². The van der Waals surface area contributed by atoms with Crippen molar-refractivity contribution in [3.8, 4) is 34.0 Å². The first-order valence-corrected chi connectivity index (χ1v) is 13.2. The van der Waals surface area contributed by atoms with Gasteiger partial charge in [-0.2, -0.15) is 0 Å². The van der Waals surface area contributed by atoms with Gasteiger partial charge in [0.25, 0.3) is 0 Å². The normalized spacial score (nSPS) is 11.5. The molecule has 5 nitrogen and oxygen atoms in total. The Hall–Kier alpha value is -5.55. The van der Waals surface area contributed by atoms with E-state index in [0.29, 0.717) is 11.5 Å². The fraction of sp³-hybridized carbons (Fsp3) is 0. The predicted octanol–water partition coefficient (Wildman–Crippen LogP) is 8.28. The lowest BCUT2D eigenvalue weighted by Gasteiger charge is -2.13. The SMILES string of the molecule is c1ccc(-c2cc(-c3ccccc3)nc(-c3nc4ccccc4c4cc5ccc6cccnc6c5nc34)n2)cc1. The lowest BCUT2D eigenvalue weighted by atomic mass is 10.0. The van der Waals surface area contributed by atoms with E-state index in [2.05, 4.69) is 59.6 Å². The third-order valence-electron chi connectivity index (χ3n) is 7.29. The average molecular weight is 512 g/mol. The molecule has 0 N–H and O–H groups in total. The van der Waals surface area contributed by atoms with Crippen LogP contribution in [0, 0.1) is 0 Å². The van der Waals surface area contributed by atoms with Gasteiger partial charge in [0.05, 0.1) is 27.9 Å². The van der Waals surface area contributed by atoms with Crippen LogP contribution in [0.5, 0.6) is 0 Å². The summed E-state index contributed by atoms with van der Waals surface area (Å²) in [6.07, 6.45) is 1.81. The van der Waals surface area contributed by atoms with Crippen LogP contribution in [0.25, 0.3) is 77.6 Å². The number of hydrogen-bond acceptors (Lipinski definition) is 5. The standard InChI is InChI=1S/C35H21N5/c1-3-10-22(11-4-1)29-21-30(23-12-5-2-6-13-23)39-35(38-29)34-33-27(26-15-7-8-16-28(26)37-34)20-25-18-17-24-14-9-19-36-31(24)32(25)40-33/h1-21H. The Labute approximate surface area is 229 Å². The number of pyridine rings is 3. The van der Waals surface area contributed by atoms with Crippen molar-refractivity contribution in [1.82, 2.24) is 24.9 Å². The molecule has 0 saturated heterocycles. The molecule has 8 rings (SSSR count). The first-order valence-electron chi connectivity index (χ1n) is 13.2. The van der Waals surface area contributed by atoms with Crippen molar-refractivity contribution in [2.75, 3.05) is 0 Å². The van der Waals surface area contributed by atoms with Gasteiger partial charge in [-0.3, -0.25) is 4.98 Å². The van der Waals surface area contributed by atoms with Crippen LogP contribution in [0.2, 0.25) is 0 Å². The summed E-state index contributed by atoms with van der Waals surface area (Å²) < 4.78 is 0. The molecule has 4 heterocycles. The Balaban J connectivity index is 1.49. The van der Waals surface area contributed by atoms with Crippen molar-refractivity contribution in [3.05, 3.63) is 128 Å². The average Bonchev–Trinajstić information content (AvgIpc) is 3.04. The Kier molecular flexibility index (Phi) is 5.07. The molecular weight excluding hydrogens is 490 g/mol. The van der Waals surface area contributed by atoms with Gasteiger partial charge in [-0.25, -0.2) is 19.9 Å². The fourth-order valence-corrected chi connectivity index (χ4v) is 5.36. The number of hydrogen-bond donors (Lipinski definition) is 0. The van der Waals surface area contributed by atoms with Crippen molar-refractivity contribution in [2.45, 2.75) is 0 Å². The van der Waals surface area contributed by atoms with Gasteiger partial charge >= 0.3 is 0 Å². The van der Waals surface area contributed by atoms with Crippen LogP contribution in [0.15, 0.2) is 128 Å². The molecule has 0 aliphatic heterocycles. The molecule has 5 heteroatoms. The Morgan fingerprint density at radius 2 is 1.10 bits per heavy atom. The maximum atomic E-state index is 5.23. The molecule has 4 aromatic carbocycles. The van der Waals surface area contributed by atoms with Gasteiger partial charge in [0.1, 0.15) is 11.2 Å². The highest BCUT2D eigenvalue weighted by Crippen LogP contribution is 2.35. The third-order valence-corrected chi connectivity index (χ3v) is 7.29. The third kappa shape index (κ3) is 3.68. The van der Waals surface area contributed by atoms with E-state index in [1.807, 2.05) is 72.9 Å². The molecule has 4 aromatic heterocycles. The van der Waals surface area contributed by atoms with E-state index < -0.39 is 0 Å². The number of nitrogens with zero attached hydrogens (tertiary/aromatic N) is 5. The summed E-state index contributed by atoms with van der Waals surface area (Å²) in [5.74, 6) is 0.538. The van der Waals surface area contributed by atoms with Crippen LogP contribution in [0.1, 0.15) is 0 Å². The number of aromatic nitrogens is 5. The minimum absolute atomic E-state index is 0.538. The van der Waals surface area contributed by atoms with Crippen molar-refractivity contribution in [1.29, 1.82) is 0 Å². The maximum Gasteiger partial charge on any atom is 0.181 e. The van der Waals surface area contributed by atoms with Crippen LogP contribution in [0.3, 0.4) is 0 Å². The fourth-order valence-electron chi connectivity index (χ4n) is 5.36. The monoisotopic (exact) mass is 511 g/mol. The second-order valence-corrected chi connectivity index (χ2v) is 9.77. The maximum absolute atomic E-state index is 5.23. The van der Waals surface area contributed by atoms with Crippen LogP contribution >= 0.6 is 0 Å². The molecule has 0 aliphatic carbocycles. The molecule has 40 heavy (non-hydrogen) atoms. The topological polar surface area (TPSA) is 64.5 Å².